The molecule has 7 aromatic rings. The molecule has 0 atom stereocenters. The number of pyridine rings is 2. The number of halogens is 1. The Bertz CT molecular complexity index is 2450. The number of nitrogens with zero attached hydrogens (tertiary/aromatic N) is 2. The smallest absolute Gasteiger partial charge is 0.124 e. The molecule has 0 saturated heterocycles. The van der Waals surface area contributed by atoms with E-state index in [1.54, 1.807) is 36.5 Å². The summed E-state index contributed by atoms with van der Waals surface area (Å²) in [6.45, 7) is -0.628. The molecule has 3 heterocycles. The number of hydrogen-bond donors (Lipinski definition) is 0. The van der Waals surface area contributed by atoms with Crippen LogP contribution in [0.15, 0.2) is 103 Å². The first kappa shape index (κ1) is 27.4. The number of hydrogen-bond acceptors (Lipinski definition) is 3. The molecule has 6 heteroatoms. The summed E-state index contributed by atoms with van der Waals surface area (Å²) in [5.74, 6) is 5.90. The summed E-state index contributed by atoms with van der Waals surface area (Å²) in [5, 5.41) is 1.94. The SMILES string of the molecule is [2H]C([2H])([2H])c1c[c-]c(-c2cc(C([2H])(C)C)[c]([Ge]([CH3])([CH3])[CH3])cn2)cc1.[2H]C([2H])([2H])c1cc(-c2[c-]ccc3c2sc2cc(F)ccc23)ncc1-c1ccccc1.[Ir]. The van der Waals surface area contributed by atoms with Gasteiger partial charge in [-0.25, -0.2) is 4.39 Å². The summed E-state index contributed by atoms with van der Waals surface area (Å²) < 4.78 is 71.6. The van der Waals surface area contributed by atoms with Crippen LogP contribution < -0.4 is 4.40 Å². The predicted molar refractivity (Wildman–Crippen MR) is 202 cm³/mol. The van der Waals surface area contributed by atoms with Gasteiger partial charge in [-0.1, -0.05) is 47.9 Å². The fourth-order valence-corrected chi connectivity index (χ4v) is 10.1. The van der Waals surface area contributed by atoms with Gasteiger partial charge in [0.05, 0.1) is 0 Å². The van der Waals surface area contributed by atoms with E-state index in [0.717, 1.165) is 48.1 Å². The maximum Gasteiger partial charge on any atom is 0.124 e. The maximum atomic E-state index is 13.7. The molecule has 0 fully saturated rings. The third-order valence-corrected chi connectivity index (χ3v) is 13.4. The van der Waals surface area contributed by atoms with Crippen LogP contribution in [-0.2, 0) is 20.1 Å². The van der Waals surface area contributed by atoms with Gasteiger partial charge in [0.25, 0.3) is 0 Å². The van der Waals surface area contributed by atoms with Gasteiger partial charge in [-0.2, -0.15) is 11.3 Å². The van der Waals surface area contributed by atoms with E-state index in [1.165, 1.54) is 33.9 Å². The summed E-state index contributed by atoms with van der Waals surface area (Å²) in [6, 6.07) is 32.5. The quantitative estimate of drug-likeness (QED) is 0.127. The van der Waals surface area contributed by atoms with Crippen LogP contribution in [0.2, 0.25) is 17.3 Å². The Labute approximate surface area is 314 Å². The van der Waals surface area contributed by atoms with Crippen molar-refractivity contribution in [2.75, 3.05) is 0 Å². The largest absolute Gasteiger partial charge is 0.304 e. The Morgan fingerprint density at radius 3 is 2.33 bits per heavy atom. The molecular weight excluding hydrogens is 848 g/mol. The zero-order chi connectivity index (χ0) is 39.2. The molecule has 3 aromatic heterocycles. The molecule has 0 N–H and O–H groups in total. The topological polar surface area (TPSA) is 25.8 Å². The van der Waals surface area contributed by atoms with Gasteiger partial charge < -0.3 is 4.98 Å². The van der Waals surface area contributed by atoms with Crippen molar-refractivity contribution in [3.05, 3.63) is 138 Å². The Morgan fingerprint density at radius 2 is 1.65 bits per heavy atom. The minimum absolute atomic E-state index is 0. The molecule has 48 heavy (non-hydrogen) atoms. The van der Waals surface area contributed by atoms with Gasteiger partial charge >= 0.3 is 131 Å². The van der Waals surface area contributed by atoms with Crippen molar-refractivity contribution in [1.82, 2.24) is 9.97 Å². The van der Waals surface area contributed by atoms with Crippen LogP contribution in [0.1, 0.15) is 46.0 Å². The van der Waals surface area contributed by atoms with Crippen molar-refractivity contribution in [2.24, 2.45) is 0 Å². The minimum atomic E-state index is -2.29. The standard InChI is InChI=1S/C24H15FNS.C18H24GeN.Ir/c1-15-12-22(26-14-21(15)16-6-3-2-4-7-16)20-9-5-8-19-18-11-10-17(25)13-23(18)27-24(19)20;1-13(2)16-11-18(15-9-7-14(3)8-10-15)20-12-17(16)19(4,5)6;/h2-8,10-14H,1H3;7-9,11-13H,1-6H3;/q2*-1;/i1D3;3D3,13D;. The number of thiophene rings is 1. The molecule has 1 radical (unpaired) electrons. The molecule has 0 bridgehead atoms. The van der Waals surface area contributed by atoms with Crippen molar-refractivity contribution in [3.8, 4) is 33.6 Å². The molecule has 0 aliphatic heterocycles. The van der Waals surface area contributed by atoms with Gasteiger partial charge in [0.2, 0.25) is 0 Å². The second-order valence-corrected chi connectivity index (χ2v) is 24.3. The van der Waals surface area contributed by atoms with Gasteiger partial charge in [-0.3, -0.25) is 0 Å². The zero-order valence-electron chi connectivity index (χ0n) is 34.3. The first-order valence-electron chi connectivity index (χ1n) is 18.8. The molecule has 0 spiro atoms. The molecule has 7 rings (SSSR count). The van der Waals surface area contributed by atoms with E-state index in [4.69, 9.17) is 9.60 Å². The number of fused-ring (bicyclic) bond motifs is 3. The second kappa shape index (κ2) is 15.0. The summed E-state index contributed by atoms with van der Waals surface area (Å²) in [4.78, 5) is 9.16. The minimum Gasteiger partial charge on any atom is -0.304 e. The Hall–Kier alpha value is -3.48. The molecule has 0 aliphatic rings. The van der Waals surface area contributed by atoms with Crippen LogP contribution in [0.5, 0.6) is 0 Å². The van der Waals surface area contributed by atoms with Crippen LogP contribution in [0, 0.1) is 31.7 Å². The summed E-state index contributed by atoms with van der Waals surface area (Å²) in [6.07, 6.45) is 3.53. The fourth-order valence-electron chi connectivity index (χ4n) is 5.54. The van der Waals surface area contributed by atoms with Crippen molar-refractivity contribution in [2.45, 2.75) is 50.7 Å². The maximum absolute atomic E-state index is 13.7. The van der Waals surface area contributed by atoms with Crippen LogP contribution >= 0.6 is 11.3 Å². The first-order valence-corrected chi connectivity index (χ1v) is 23.5. The summed E-state index contributed by atoms with van der Waals surface area (Å²) >= 11 is -0.681. The third kappa shape index (κ3) is 7.71. The number of rotatable bonds is 5. The molecule has 0 aliphatic carbocycles. The molecule has 245 valence electrons. The van der Waals surface area contributed by atoms with Gasteiger partial charge in [0.1, 0.15) is 5.82 Å². The second-order valence-electron chi connectivity index (χ2n) is 12.7. The van der Waals surface area contributed by atoms with Gasteiger partial charge in [0, 0.05) is 40.7 Å². The van der Waals surface area contributed by atoms with E-state index in [9.17, 15) is 4.39 Å². The zero-order valence-corrected chi connectivity index (χ0v) is 32.6. The van der Waals surface area contributed by atoms with Gasteiger partial charge in [-0.15, -0.1) is 23.8 Å². The van der Waals surface area contributed by atoms with Crippen molar-refractivity contribution in [3.63, 3.8) is 0 Å². The van der Waals surface area contributed by atoms with Crippen molar-refractivity contribution >= 4 is 49.2 Å². The molecule has 0 unspecified atom stereocenters. The average Bonchev–Trinajstić information content (AvgIpc) is 3.48. The molecule has 2 nitrogen and oxygen atoms in total. The number of benzene rings is 4. The van der Waals surface area contributed by atoms with Crippen LogP contribution in [0.4, 0.5) is 4.39 Å². The van der Waals surface area contributed by atoms with Gasteiger partial charge in [0.15, 0.2) is 0 Å². The summed E-state index contributed by atoms with van der Waals surface area (Å²) in [5.41, 5.74) is 5.67. The average molecular weight is 895 g/mol. The predicted octanol–water partition coefficient (Wildman–Crippen LogP) is 11.6. The van der Waals surface area contributed by atoms with Crippen molar-refractivity contribution in [1.29, 1.82) is 0 Å². The van der Waals surface area contributed by atoms with Crippen LogP contribution in [-0.4, -0.2) is 23.2 Å². The van der Waals surface area contributed by atoms with Gasteiger partial charge in [-0.05, 0) is 45.9 Å². The number of aryl methyl sites for hydroxylation is 2. The third-order valence-electron chi connectivity index (χ3n) is 7.98. The molecule has 0 amide bonds. The van der Waals surface area contributed by atoms with E-state index >= 15 is 0 Å². The normalized spacial score (nSPS) is 14.2. The van der Waals surface area contributed by atoms with E-state index in [0.29, 0.717) is 11.3 Å². The Kier molecular flexibility index (Phi) is 8.53. The van der Waals surface area contributed by atoms with Crippen LogP contribution in [0.25, 0.3) is 53.8 Å². The van der Waals surface area contributed by atoms with Crippen LogP contribution in [0.3, 0.4) is 0 Å². The van der Waals surface area contributed by atoms with E-state index in [1.807, 2.05) is 62.5 Å². The molecular formula is C42H39FGeIrN2S-2. The van der Waals surface area contributed by atoms with E-state index in [2.05, 4.69) is 39.4 Å². The van der Waals surface area contributed by atoms with Crippen molar-refractivity contribution < 1.29 is 34.1 Å². The van der Waals surface area contributed by atoms with E-state index in [-0.39, 0.29) is 37.0 Å². The Balaban J connectivity index is 0.000000213. The fraction of sp³-hybridized carbons (Fsp3) is 0.190. The molecule has 0 saturated carbocycles. The monoisotopic (exact) mass is 896 g/mol. The first-order chi connectivity index (χ1) is 25.2. The van der Waals surface area contributed by atoms with E-state index < -0.39 is 32.9 Å². The Morgan fingerprint density at radius 1 is 0.854 bits per heavy atom. The molecule has 4 aromatic carbocycles. The summed E-state index contributed by atoms with van der Waals surface area (Å²) in [7, 11) is 0. The number of aromatic nitrogens is 2.